The first-order chi connectivity index (χ1) is 13.4. The summed E-state index contributed by atoms with van der Waals surface area (Å²) < 4.78 is 0. The van der Waals surface area contributed by atoms with Crippen LogP contribution in [0.3, 0.4) is 0 Å². The molecule has 9 nitrogen and oxygen atoms in total. The van der Waals surface area contributed by atoms with Crippen molar-refractivity contribution in [3.63, 3.8) is 0 Å². The van der Waals surface area contributed by atoms with Crippen molar-refractivity contribution < 1.29 is 24.7 Å². The van der Waals surface area contributed by atoms with E-state index in [1.807, 2.05) is 12.1 Å². The van der Waals surface area contributed by atoms with Crippen LogP contribution in [0.5, 0.6) is 0 Å². The first kappa shape index (κ1) is 20.6. The average Bonchev–Trinajstić information content (AvgIpc) is 3.09. The maximum Gasteiger partial charge on any atom is 0.414 e. The highest BCUT2D eigenvalue weighted by Crippen LogP contribution is 2.17. The van der Waals surface area contributed by atoms with Crippen LogP contribution in [0, 0.1) is 10.1 Å². The fourth-order valence-electron chi connectivity index (χ4n) is 2.53. The van der Waals surface area contributed by atoms with E-state index in [-0.39, 0.29) is 10.6 Å². The van der Waals surface area contributed by atoms with Crippen molar-refractivity contribution in [3.05, 3.63) is 76.0 Å². The molecule has 1 aromatic heterocycles. The van der Waals surface area contributed by atoms with E-state index >= 15 is 0 Å². The zero-order chi connectivity index (χ0) is 20.5. The number of H-pyrrole nitrogens is 1. The zero-order valence-electron chi connectivity index (χ0n) is 14.8. The van der Waals surface area contributed by atoms with Crippen LogP contribution < -0.4 is 5.32 Å². The van der Waals surface area contributed by atoms with Gasteiger partial charge in [0.1, 0.15) is 0 Å². The van der Waals surface area contributed by atoms with Crippen LogP contribution in [0.4, 0.5) is 5.69 Å². The maximum atomic E-state index is 10.6. The minimum Gasteiger partial charge on any atom is -0.473 e. The predicted molar refractivity (Wildman–Crippen MR) is 102 cm³/mol. The second-order valence-corrected chi connectivity index (χ2v) is 5.82. The number of non-ortho nitro benzene ring substituents is 1. The minimum atomic E-state index is -1.82. The van der Waals surface area contributed by atoms with Crippen LogP contribution >= 0.6 is 0 Å². The summed E-state index contributed by atoms with van der Waals surface area (Å²) in [7, 11) is 0. The van der Waals surface area contributed by atoms with E-state index in [1.165, 1.54) is 23.1 Å². The molecule has 4 N–H and O–H groups in total. The van der Waals surface area contributed by atoms with Gasteiger partial charge in [0, 0.05) is 35.8 Å². The van der Waals surface area contributed by atoms with Crippen LogP contribution in [0.15, 0.2) is 54.7 Å². The minimum absolute atomic E-state index is 0.127. The number of nitrogens with one attached hydrogen (secondary N) is 2. The van der Waals surface area contributed by atoms with Gasteiger partial charge >= 0.3 is 11.9 Å². The summed E-state index contributed by atoms with van der Waals surface area (Å²) in [6.07, 6.45) is 3.00. The van der Waals surface area contributed by atoms with Crippen molar-refractivity contribution in [1.82, 2.24) is 10.3 Å². The molecule has 0 bridgehead atoms. The van der Waals surface area contributed by atoms with E-state index < -0.39 is 11.9 Å². The number of hydrogen-bond acceptors (Lipinski definition) is 5. The van der Waals surface area contributed by atoms with Crippen molar-refractivity contribution in [2.75, 3.05) is 6.54 Å². The molecule has 0 amide bonds. The molecule has 0 aliphatic heterocycles. The number of aromatic nitrogens is 1. The Labute approximate surface area is 159 Å². The van der Waals surface area contributed by atoms with Gasteiger partial charge in [-0.1, -0.05) is 30.3 Å². The Kier molecular flexibility index (Phi) is 7.23. The number of rotatable bonds is 6. The average molecular weight is 385 g/mol. The Morgan fingerprint density at radius 1 is 1.04 bits per heavy atom. The van der Waals surface area contributed by atoms with E-state index in [4.69, 9.17) is 19.8 Å². The first-order valence-electron chi connectivity index (χ1n) is 8.33. The van der Waals surface area contributed by atoms with Crippen LogP contribution in [-0.2, 0) is 22.6 Å². The Bertz CT molecular complexity index is 953. The SMILES string of the molecule is O=C(O)C(=O)O.O=[N+]([O-])c1ccc(CNCCc2c[nH]c3ccccc23)cc1. The van der Waals surface area contributed by atoms with Gasteiger partial charge in [-0.2, -0.15) is 0 Å². The van der Waals surface area contributed by atoms with Crippen LogP contribution in [-0.4, -0.2) is 38.6 Å². The number of nitrogens with zero attached hydrogens (tertiary/aromatic N) is 1. The lowest BCUT2D eigenvalue weighted by atomic mass is 10.1. The highest BCUT2D eigenvalue weighted by atomic mass is 16.6. The van der Waals surface area contributed by atoms with Crippen molar-refractivity contribution in [1.29, 1.82) is 0 Å². The van der Waals surface area contributed by atoms with Gasteiger partial charge in [0.15, 0.2) is 0 Å². The molecule has 0 fully saturated rings. The lowest BCUT2D eigenvalue weighted by Crippen LogP contribution is -2.16. The molecule has 146 valence electrons. The molecule has 28 heavy (non-hydrogen) atoms. The summed E-state index contributed by atoms with van der Waals surface area (Å²) in [5, 5.41) is 30.0. The first-order valence-corrected chi connectivity index (χ1v) is 8.33. The second kappa shape index (κ2) is 9.83. The summed E-state index contributed by atoms with van der Waals surface area (Å²) in [6, 6.07) is 14.9. The normalized spacial score (nSPS) is 10.1. The smallest absolute Gasteiger partial charge is 0.414 e. The lowest BCUT2D eigenvalue weighted by molar-refractivity contribution is -0.384. The number of aliphatic carboxylic acids is 2. The molecule has 0 spiro atoms. The quantitative estimate of drug-likeness (QED) is 0.221. The lowest BCUT2D eigenvalue weighted by Gasteiger charge is -2.04. The van der Waals surface area contributed by atoms with Crippen LogP contribution in [0.1, 0.15) is 11.1 Å². The summed E-state index contributed by atoms with van der Waals surface area (Å²) in [4.78, 5) is 31.7. The predicted octanol–water partition coefficient (Wildman–Crippen LogP) is 2.56. The number of carboxylic acid groups (broad SMARTS) is 2. The van der Waals surface area contributed by atoms with Gasteiger partial charge in [-0.05, 0) is 30.2 Å². The third kappa shape index (κ3) is 5.92. The van der Waals surface area contributed by atoms with Crippen LogP contribution in [0.2, 0.25) is 0 Å². The third-order valence-corrected chi connectivity index (χ3v) is 3.91. The second-order valence-electron chi connectivity index (χ2n) is 5.82. The Balaban J connectivity index is 0.000000409. The van der Waals surface area contributed by atoms with Gasteiger partial charge in [-0.3, -0.25) is 10.1 Å². The van der Waals surface area contributed by atoms with Crippen LogP contribution in [0.25, 0.3) is 10.9 Å². The van der Waals surface area contributed by atoms with Gasteiger partial charge < -0.3 is 20.5 Å². The summed E-state index contributed by atoms with van der Waals surface area (Å²) >= 11 is 0. The number of benzene rings is 2. The summed E-state index contributed by atoms with van der Waals surface area (Å²) in [5.41, 5.74) is 3.63. The summed E-state index contributed by atoms with van der Waals surface area (Å²) in [5.74, 6) is -3.65. The number of aromatic amines is 1. The van der Waals surface area contributed by atoms with Gasteiger partial charge in [-0.25, -0.2) is 9.59 Å². The number of carboxylic acids is 2. The van der Waals surface area contributed by atoms with E-state index in [0.29, 0.717) is 6.54 Å². The van der Waals surface area contributed by atoms with Gasteiger partial charge in [-0.15, -0.1) is 0 Å². The number of carbonyl (C=O) groups is 2. The largest absolute Gasteiger partial charge is 0.473 e. The molecule has 0 saturated carbocycles. The maximum absolute atomic E-state index is 10.6. The highest BCUT2D eigenvalue weighted by molar-refractivity contribution is 6.27. The van der Waals surface area contributed by atoms with Crippen molar-refractivity contribution in [2.45, 2.75) is 13.0 Å². The third-order valence-electron chi connectivity index (χ3n) is 3.91. The molecular formula is C19H19N3O6. The number of fused-ring (bicyclic) bond motifs is 1. The number of nitro benzene ring substituents is 1. The van der Waals surface area contributed by atoms with E-state index in [1.54, 1.807) is 12.1 Å². The Hall–Kier alpha value is -3.72. The Morgan fingerprint density at radius 3 is 2.29 bits per heavy atom. The summed E-state index contributed by atoms with van der Waals surface area (Å²) in [6.45, 7) is 1.57. The topological polar surface area (TPSA) is 146 Å². The number of para-hydroxylation sites is 1. The highest BCUT2D eigenvalue weighted by Gasteiger charge is 2.05. The van der Waals surface area contributed by atoms with Gasteiger partial charge in [0.25, 0.3) is 5.69 Å². The molecule has 0 saturated heterocycles. The van der Waals surface area contributed by atoms with Crippen molar-refractivity contribution in [2.24, 2.45) is 0 Å². The molecule has 0 radical (unpaired) electrons. The molecule has 0 aliphatic rings. The molecule has 1 heterocycles. The zero-order valence-corrected chi connectivity index (χ0v) is 14.8. The molecule has 3 aromatic rings. The standard InChI is InChI=1S/C17H17N3O2.C2H2O4/c21-20(22)15-7-5-13(6-8-15)11-18-10-9-14-12-19-17-4-2-1-3-16(14)17;3-1(4)2(5)6/h1-8,12,18-19H,9-11H2;(H,3,4)(H,5,6). The Morgan fingerprint density at radius 2 is 1.68 bits per heavy atom. The number of hydrogen-bond donors (Lipinski definition) is 4. The molecule has 0 atom stereocenters. The molecular weight excluding hydrogens is 366 g/mol. The van der Waals surface area contributed by atoms with Gasteiger partial charge in [0.05, 0.1) is 4.92 Å². The molecule has 0 aliphatic carbocycles. The molecule has 3 rings (SSSR count). The van der Waals surface area contributed by atoms with E-state index in [9.17, 15) is 10.1 Å². The molecule has 0 unspecified atom stereocenters. The van der Waals surface area contributed by atoms with Gasteiger partial charge in [0.2, 0.25) is 0 Å². The molecule has 2 aromatic carbocycles. The van der Waals surface area contributed by atoms with E-state index in [2.05, 4.69) is 28.6 Å². The van der Waals surface area contributed by atoms with Crippen molar-refractivity contribution >= 4 is 28.5 Å². The fourth-order valence-corrected chi connectivity index (χ4v) is 2.53. The van der Waals surface area contributed by atoms with E-state index in [0.717, 1.165) is 24.0 Å². The number of nitro groups is 1. The van der Waals surface area contributed by atoms with Crippen molar-refractivity contribution in [3.8, 4) is 0 Å². The molecule has 9 heteroatoms. The fraction of sp³-hybridized carbons (Fsp3) is 0.158. The monoisotopic (exact) mass is 385 g/mol.